The summed E-state index contributed by atoms with van der Waals surface area (Å²) in [6, 6.07) is 12.3. The monoisotopic (exact) mass is 386 g/mol. The van der Waals surface area contributed by atoms with Gasteiger partial charge in [-0.3, -0.25) is 9.59 Å². The number of methoxy groups -OCH3 is 3. The third-order valence-corrected chi connectivity index (χ3v) is 4.36. The Hall–Kier alpha value is -3.22. The predicted octanol–water partition coefficient (Wildman–Crippen LogP) is 2.99. The average Bonchev–Trinajstić information content (AvgIpc) is 2.71. The molecular formula is C21H26N2O5. The first-order chi connectivity index (χ1) is 13.3. The largest absolute Gasteiger partial charge is 0.497 e. The molecule has 0 heterocycles. The number of rotatable bonds is 8. The van der Waals surface area contributed by atoms with Crippen molar-refractivity contribution in [1.82, 2.24) is 5.32 Å². The Morgan fingerprint density at radius 2 is 1.61 bits per heavy atom. The van der Waals surface area contributed by atoms with Gasteiger partial charge in [-0.25, -0.2) is 0 Å². The summed E-state index contributed by atoms with van der Waals surface area (Å²) < 4.78 is 15.6. The van der Waals surface area contributed by atoms with E-state index >= 15 is 0 Å². The summed E-state index contributed by atoms with van der Waals surface area (Å²) in [5, 5.41) is 5.55. The summed E-state index contributed by atoms with van der Waals surface area (Å²) in [6.45, 7) is 3.41. The molecule has 0 spiro atoms. The van der Waals surface area contributed by atoms with Crippen LogP contribution in [-0.4, -0.2) is 33.1 Å². The van der Waals surface area contributed by atoms with Crippen LogP contribution in [0.1, 0.15) is 19.4 Å². The molecule has 0 unspecified atom stereocenters. The Morgan fingerprint density at radius 3 is 2.25 bits per heavy atom. The number of anilines is 1. The van der Waals surface area contributed by atoms with Crippen molar-refractivity contribution >= 4 is 17.5 Å². The molecule has 2 aromatic rings. The molecular weight excluding hydrogens is 360 g/mol. The second-order valence-electron chi connectivity index (χ2n) is 6.68. The zero-order valence-electron chi connectivity index (χ0n) is 16.8. The van der Waals surface area contributed by atoms with Gasteiger partial charge >= 0.3 is 0 Å². The molecule has 0 aliphatic heterocycles. The number of carbonyl (C=O) groups excluding carboxylic acids is 2. The molecule has 0 aliphatic rings. The average molecular weight is 386 g/mol. The maximum atomic E-state index is 12.6. The fraction of sp³-hybridized carbons (Fsp3) is 0.333. The molecule has 0 saturated heterocycles. The maximum absolute atomic E-state index is 12.6. The van der Waals surface area contributed by atoms with Crippen LogP contribution in [0.5, 0.6) is 17.2 Å². The van der Waals surface area contributed by atoms with E-state index in [-0.39, 0.29) is 12.5 Å². The van der Waals surface area contributed by atoms with E-state index in [4.69, 9.17) is 14.2 Å². The van der Waals surface area contributed by atoms with Crippen LogP contribution in [0.4, 0.5) is 5.69 Å². The second kappa shape index (κ2) is 9.12. The number of nitrogens with one attached hydrogen (secondary N) is 2. The normalized spacial score (nSPS) is 10.8. The number of benzene rings is 2. The van der Waals surface area contributed by atoms with Crippen LogP contribution >= 0.6 is 0 Å². The Bertz CT molecular complexity index is 848. The zero-order valence-corrected chi connectivity index (χ0v) is 16.8. The molecule has 28 heavy (non-hydrogen) atoms. The van der Waals surface area contributed by atoms with Crippen LogP contribution in [0, 0.1) is 5.41 Å². The second-order valence-corrected chi connectivity index (χ2v) is 6.68. The fourth-order valence-electron chi connectivity index (χ4n) is 2.49. The molecule has 150 valence electrons. The van der Waals surface area contributed by atoms with E-state index in [2.05, 4.69) is 10.6 Å². The van der Waals surface area contributed by atoms with Crippen molar-refractivity contribution in [1.29, 1.82) is 0 Å². The van der Waals surface area contributed by atoms with Gasteiger partial charge in [-0.2, -0.15) is 0 Å². The van der Waals surface area contributed by atoms with Crippen molar-refractivity contribution in [2.45, 2.75) is 20.4 Å². The first-order valence-corrected chi connectivity index (χ1v) is 8.76. The van der Waals surface area contributed by atoms with Gasteiger partial charge in [0.25, 0.3) is 0 Å². The van der Waals surface area contributed by atoms with Crippen molar-refractivity contribution in [3.05, 3.63) is 48.0 Å². The highest BCUT2D eigenvalue weighted by Crippen LogP contribution is 2.28. The third-order valence-electron chi connectivity index (χ3n) is 4.36. The standard InChI is InChI=1S/C21H26N2O5/c1-21(2,20(25)23-15-7-6-8-16(12-15)26-3)19(24)22-13-14-9-10-17(27-4)18(11-14)28-5/h6-12H,13H2,1-5H3,(H,22,24)(H,23,25). The zero-order chi connectivity index (χ0) is 20.7. The van der Waals surface area contributed by atoms with Crippen molar-refractivity contribution in [2.24, 2.45) is 5.41 Å². The van der Waals surface area contributed by atoms with Gasteiger partial charge < -0.3 is 24.8 Å². The Kier molecular flexibility index (Phi) is 6.87. The van der Waals surface area contributed by atoms with Gasteiger partial charge in [0.1, 0.15) is 11.2 Å². The van der Waals surface area contributed by atoms with E-state index in [1.54, 1.807) is 71.6 Å². The summed E-state index contributed by atoms with van der Waals surface area (Å²) in [4.78, 5) is 25.2. The minimum Gasteiger partial charge on any atom is -0.497 e. The number of carbonyl (C=O) groups is 2. The van der Waals surface area contributed by atoms with Crippen LogP contribution in [0.2, 0.25) is 0 Å². The van der Waals surface area contributed by atoms with Crippen LogP contribution in [0.3, 0.4) is 0 Å². The quantitative estimate of drug-likeness (QED) is 0.681. The molecule has 2 amide bonds. The molecule has 0 aromatic heterocycles. The summed E-state index contributed by atoms with van der Waals surface area (Å²) in [7, 11) is 4.65. The van der Waals surface area contributed by atoms with Gasteiger partial charge in [-0.15, -0.1) is 0 Å². The van der Waals surface area contributed by atoms with Gasteiger partial charge in [-0.05, 0) is 43.7 Å². The van der Waals surface area contributed by atoms with E-state index in [0.29, 0.717) is 22.9 Å². The van der Waals surface area contributed by atoms with E-state index in [0.717, 1.165) is 5.56 Å². The molecule has 0 atom stereocenters. The first kappa shape index (κ1) is 21.1. The molecule has 7 nitrogen and oxygen atoms in total. The molecule has 0 aliphatic carbocycles. The van der Waals surface area contributed by atoms with Crippen LogP contribution in [0.25, 0.3) is 0 Å². The molecule has 2 aromatic carbocycles. The summed E-state index contributed by atoms with van der Waals surface area (Å²) in [5.74, 6) is 1.00. The van der Waals surface area contributed by atoms with Gasteiger partial charge in [0.15, 0.2) is 11.5 Å². The molecule has 0 bridgehead atoms. The summed E-state index contributed by atoms with van der Waals surface area (Å²) in [6.07, 6.45) is 0. The number of ether oxygens (including phenoxy) is 3. The summed E-state index contributed by atoms with van der Waals surface area (Å²) >= 11 is 0. The Labute approximate surface area is 165 Å². The summed E-state index contributed by atoms with van der Waals surface area (Å²) in [5.41, 5.74) is 0.125. The fourth-order valence-corrected chi connectivity index (χ4v) is 2.49. The van der Waals surface area contributed by atoms with Gasteiger partial charge in [-0.1, -0.05) is 12.1 Å². The van der Waals surface area contributed by atoms with Gasteiger partial charge in [0.2, 0.25) is 11.8 Å². The van der Waals surface area contributed by atoms with Crippen LogP contribution < -0.4 is 24.8 Å². The van der Waals surface area contributed by atoms with Crippen molar-refractivity contribution in [2.75, 3.05) is 26.6 Å². The highest BCUT2D eigenvalue weighted by Gasteiger charge is 2.36. The molecule has 7 heteroatoms. The topological polar surface area (TPSA) is 85.9 Å². The third kappa shape index (κ3) is 4.94. The minimum atomic E-state index is -1.26. The highest BCUT2D eigenvalue weighted by atomic mass is 16.5. The van der Waals surface area contributed by atoms with E-state index in [1.165, 1.54) is 0 Å². The predicted molar refractivity (Wildman–Crippen MR) is 107 cm³/mol. The van der Waals surface area contributed by atoms with Crippen molar-refractivity contribution in [3.63, 3.8) is 0 Å². The Balaban J connectivity index is 2.02. The van der Waals surface area contributed by atoms with Crippen molar-refractivity contribution < 1.29 is 23.8 Å². The van der Waals surface area contributed by atoms with Crippen LogP contribution in [-0.2, 0) is 16.1 Å². The maximum Gasteiger partial charge on any atom is 0.239 e. The van der Waals surface area contributed by atoms with E-state index in [9.17, 15) is 9.59 Å². The minimum absolute atomic E-state index is 0.259. The SMILES string of the molecule is COc1cccc(NC(=O)C(C)(C)C(=O)NCc2ccc(OC)c(OC)c2)c1. The lowest BCUT2D eigenvalue weighted by molar-refractivity contribution is -0.138. The number of hydrogen-bond donors (Lipinski definition) is 2. The highest BCUT2D eigenvalue weighted by molar-refractivity contribution is 6.09. The van der Waals surface area contributed by atoms with E-state index in [1.807, 2.05) is 6.07 Å². The molecule has 0 fully saturated rings. The number of amides is 2. The Morgan fingerprint density at radius 1 is 0.893 bits per heavy atom. The molecule has 0 radical (unpaired) electrons. The molecule has 0 saturated carbocycles. The number of hydrogen-bond acceptors (Lipinski definition) is 5. The molecule has 2 N–H and O–H groups in total. The first-order valence-electron chi connectivity index (χ1n) is 8.76. The lowest BCUT2D eigenvalue weighted by atomic mass is 9.90. The molecule has 2 rings (SSSR count). The lowest BCUT2D eigenvalue weighted by Gasteiger charge is -2.23. The van der Waals surface area contributed by atoms with E-state index < -0.39 is 11.3 Å². The van der Waals surface area contributed by atoms with Crippen LogP contribution in [0.15, 0.2) is 42.5 Å². The van der Waals surface area contributed by atoms with Gasteiger partial charge in [0.05, 0.1) is 21.3 Å². The van der Waals surface area contributed by atoms with Crippen molar-refractivity contribution in [3.8, 4) is 17.2 Å². The van der Waals surface area contributed by atoms with Gasteiger partial charge in [0, 0.05) is 18.3 Å². The lowest BCUT2D eigenvalue weighted by Crippen LogP contribution is -2.44. The smallest absolute Gasteiger partial charge is 0.239 e.